The zero-order chi connectivity index (χ0) is 19.0. The summed E-state index contributed by atoms with van der Waals surface area (Å²) in [7, 11) is 0. The van der Waals surface area contributed by atoms with Gasteiger partial charge in [0.15, 0.2) is 0 Å². The van der Waals surface area contributed by atoms with Crippen LogP contribution in [0.4, 0.5) is 13.6 Å². The third kappa shape index (κ3) is 4.57. The maximum Gasteiger partial charge on any atom is 0.412 e. The van der Waals surface area contributed by atoms with Crippen molar-refractivity contribution in [2.24, 2.45) is 0 Å². The summed E-state index contributed by atoms with van der Waals surface area (Å²) in [4.78, 5) is 14.2. The van der Waals surface area contributed by atoms with E-state index in [0.717, 1.165) is 6.07 Å². The lowest BCUT2D eigenvalue weighted by atomic mass is 10.00. The van der Waals surface area contributed by atoms with E-state index in [1.807, 2.05) is 0 Å². The molecule has 4 nitrogen and oxygen atoms in total. The first-order chi connectivity index (χ1) is 11.4. The smallest absolute Gasteiger partial charge is 0.412 e. The number of carbonyl (C=O) groups is 1. The molecule has 0 saturated carbocycles. The van der Waals surface area contributed by atoms with Crippen LogP contribution in [-0.2, 0) is 15.9 Å². The van der Waals surface area contributed by atoms with E-state index in [-0.39, 0.29) is 6.42 Å². The minimum Gasteiger partial charge on any atom is -0.444 e. The molecule has 1 saturated heterocycles. The van der Waals surface area contributed by atoms with Gasteiger partial charge in [-0.25, -0.2) is 13.6 Å². The first-order valence-corrected chi connectivity index (χ1v) is 8.20. The predicted molar refractivity (Wildman–Crippen MR) is 91.1 cm³/mol. The molecule has 1 amide bonds. The van der Waals surface area contributed by atoms with Crippen LogP contribution in [-0.4, -0.2) is 34.5 Å². The molecular formula is C19H25F2NO3. The third-order valence-electron chi connectivity index (χ3n) is 3.91. The summed E-state index contributed by atoms with van der Waals surface area (Å²) in [6.07, 6.45) is 0.790. The predicted octanol–water partition coefficient (Wildman–Crippen LogP) is 4.43. The highest BCUT2D eigenvalue weighted by atomic mass is 19.1. The largest absolute Gasteiger partial charge is 0.444 e. The topological polar surface area (TPSA) is 38.8 Å². The molecule has 0 spiro atoms. The van der Waals surface area contributed by atoms with Crippen molar-refractivity contribution >= 4 is 6.09 Å². The molecule has 6 heteroatoms. The van der Waals surface area contributed by atoms with E-state index in [9.17, 15) is 13.6 Å². The fourth-order valence-corrected chi connectivity index (χ4v) is 3.06. The average molecular weight is 353 g/mol. The molecule has 0 radical (unpaired) electrons. The van der Waals surface area contributed by atoms with Crippen molar-refractivity contribution in [3.8, 4) is 0 Å². The van der Waals surface area contributed by atoms with E-state index in [4.69, 9.17) is 9.47 Å². The molecule has 1 aromatic carbocycles. The number of nitrogens with zero attached hydrogens (tertiary/aromatic N) is 1. The minimum atomic E-state index is -0.933. The second-order valence-electron chi connectivity index (χ2n) is 7.66. The Morgan fingerprint density at radius 2 is 1.88 bits per heavy atom. The van der Waals surface area contributed by atoms with E-state index < -0.39 is 41.2 Å². The first-order valence-electron chi connectivity index (χ1n) is 8.20. The summed E-state index contributed by atoms with van der Waals surface area (Å²) in [6, 6.07) is 2.84. The molecule has 1 aliphatic heterocycles. The Morgan fingerprint density at radius 1 is 1.32 bits per heavy atom. The van der Waals surface area contributed by atoms with Gasteiger partial charge in [-0.2, -0.15) is 0 Å². The van der Waals surface area contributed by atoms with Crippen molar-refractivity contribution in [1.29, 1.82) is 0 Å². The maximum absolute atomic E-state index is 13.5. The molecule has 0 bridgehead atoms. The normalized spacial score (nSPS) is 22.8. The molecule has 0 N–H and O–H groups in total. The minimum absolute atomic E-state index is 0.216. The summed E-state index contributed by atoms with van der Waals surface area (Å²) in [5.74, 6) is -1.32. The molecule has 1 heterocycles. The molecule has 0 aliphatic carbocycles. The summed E-state index contributed by atoms with van der Waals surface area (Å²) in [6.45, 7) is 12.6. The van der Waals surface area contributed by atoms with Crippen LogP contribution in [0.15, 0.2) is 30.9 Å². The SMILES string of the molecule is C=C[C@@H]1OC(C)(C)N(C(=O)OC(C)(C)C)[C@H]1Cc1cc(F)cc(F)c1. The Hall–Kier alpha value is -1.95. The molecule has 138 valence electrons. The van der Waals surface area contributed by atoms with Crippen molar-refractivity contribution in [3.63, 3.8) is 0 Å². The van der Waals surface area contributed by atoms with Gasteiger partial charge in [0.05, 0.1) is 12.1 Å². The lowest BCUT2D eigenvalue weighted by Gasteiger charge is -2.35. The standard InChI is InChI=1S/C19H25F2NO3/c1-7-16-15(10-12-8-13(20)11-14(21)9-12)22(19(5,6)24-16)17(23)25-18(2,3)4/h7-9,11,15-16H,1,10H2,2-6H3/t15-,16-/m0/s1. The van der Waals surface area contributed by atoms with Crippen molar-refractivity contribution in [2.45, 2.75) is 64.5 Å². The number of amides is 1. The number of benzene rings is 1. The van der Waals surface area contributed by atoms with Gasteiger partial charge >= 0.3 is 6.09 Å². The average Bonchev–Trinajstić information content (AvgIpc) is 2.66. The number of halogens is 2. The number of rotatable bonds is 3. The van der Waals surface area contributed by atoms with Crippen molar-refractivity contribution in [3.05, 3.63) is 48.1 Å². The summed E-state index contributed by atoms with van der Waals surface area (Å²) in [5.41, 5.74) is -1.17. The van der Waals surface area contributed by atoms with Crippen molar-refractivity contribution in [2.75, 3.05) is 0 Å². The summed E-state index contributed by atoms with van der Waals surface area (Å²) >= 11 is 0. The monoisotopic (exact) mass is 353 g/mol. The van der Waals surface area contributed by atoms with E-state index in [0.29, 0.717) is 5.56 Å². The maximum atomic E-state index is 13.5. The quantitative estimate of drug-likeness (QED) is 0.755. The molecule has 0 aromatic heterocycles. The van der Waals surface area contributed by atoms with Gasteiger partial charge in [0.25, 0.3) is 0 Å². The van der Waals surface area contributed by atoms with Crippen LogP contribution in [0.1, 0.15) is 40.2 Å². The van der Waals surface area contributed by atoms with Crippen molar-refractivity contribution in [1.82, 2.24) is 4.90 Å². The van der Waals surface area contributed by atoms with Gasteiger partial charge in [-0.3, -0.25) is 4.90 Å². The van der Waals surface area contributed by atoms with Crippen LogP contribution < -0.4 is 0 Å². The number of ether oxygens (including phenoxy) is 2. The molecule has 2 atom stereocenters. The molecule has 1 fully saturated rings. The van der Waals surface area contributed by atoms with Gasteiger partial charge in [-0.15, -0.1) is 6.58 Å². The Morgan fingerprint density at radius 3 is 2.36 bits per heavy atom. The van der Waals surface area contributed by atoms with Gasteiger partial charge in [0, 0.05) is 6.07 Å². The van der Waals surface area contributed by atoms with E-state index >= 15 is 0 Å². The molecule has 25 heavy (non-hydrogen) atoms. The second-order valence-corrected chi connectivity index (χ2v) is 7.66. The zero-order valence-electron chi connectivity index (χ0n) is 15.3. The highest BCUT2D eigenvalue weighted by molar-refractivity contribution is 5.70. The zero-order valence-corrected chi connectivity index (χ0v) is 15.3. The van der Waals surface area contributed by atoms with E-state index in [1.165, 1.54) is 17.0 Å². The van der Waals surface area contributed by atoms with Gasteiger partial charge < -0.3 is 9.47 Å². The molecule has 2 rings (SSSR count). The van der Waals surface area contributed by atoms with E-state index in [1.54, 1.807) is 40.7 Å². The van der Waals surface area contributed by atoms with Crippen molar-refractivity contribution < 1.29 is 23.0 Å². The van der Waals surface area contributed by atoms with Crippen LogP contribution in [0, 0.1) is 11.6 Å². The number of carbonyl (C=O) groups excluding carboxylic acids is 1. The Labute approximate surface area is 147 Å². The second kappa shape index (κ2) is 6.75. The van der Waals surface area contributed by atoms with Crippen LogP contribution in [0.3, 0.4) is 0 Å². The van der Waals surface area contributed by atoms with Crippen LogP contribution >= 0.6 is 0 Å². The highest BCUT2D eigenvalue weighted by Crippen LogP contribution is 2.36. The van der Waals surface area contributed by atoms with Gasteiger partial charge in [-0.05, 0) is 58.7 Å². The fourth-order valence-electron chi connectivity index (χ4n) is 3.06. The van der Waals surface area contributed by atoms with Crippen LogP contribution in [0.25, 0.3) is 0 Å². The Kier molecular flexibility index (Phi) is 5.23. The van der Waals surface area contributed by atoms with Gasteiger partial charge in [0.1, 0.15) is 23.0 Å². The Bertz CT molecular complexity index is 647. The number of hydrogen-bond acceptors (Lipinski definition) is 3. The van der Waals surface area contributed by atoms with Gasteiger partial charge in [-0.1, -0.05) is 6.08 Å². The third-order valence-corrected chi connectivity index (χ3v) is 3.91. The van der Waals surface area contributed by atoms with E-state index in [2.05, 4.69) is 6.58 Å². The molecule has 1 aliphatic rings. The number of hydrogen-bond donors (Lipinski definition) is 0. The molecule has 0 unspecified atom stereocenters. The molecular weight excluding hydrogens is 328 g/mol. The molecule has 1 aromatic rings. The van der Waals surface area contributed by atoms with Gasteiger partial charge in [0.2, 0.25) is 0 Å². The summed E-state index contributed by atoms with van der Waals surface area (Å²) in [5, 5.41) is 0. The highest BCUT2D eigenvalue weighted by Gasteiger charge is 2.50. The van der Waals surface area contributed by atoms with Crippen LogP contribution in [0.2, 0.25) is 0 Å². The van der Waals surface area contributed by atoms with Crippen LogP contribution in [0.5, 0.6) is 0 Å². The Balaban J connectivity index is 2.35. The first kappa shape index (κ1) is 19.4. The summed E-state index contributed by atoms with van der Waals surface area (Å²) < 4.78 is 38.4. The lowest BCUT2D eigenvalue weighted by Crippen LogP contribution is -2.50. The lowest BCUT2D eigenvalue weighted by molar-refractivity contribution is -0.0715. The fraction of sp³-hybridized carbons (Fsp3) is 0.526.